The fourth-order valence-electron chi connectivity index (χ4n) is 0.572. The molecule has 0 amide bonds. The van der Waals surface area contributed by atoms with E-state index in [2.05, 4.69) is 4.98 Å². The molecule has 1 aromatic rings. The predicted molar refractivity (Wildman–Crippen MR) is 48.4 cm³/mol. The molecule has 0 saturated heterocycles. The highest BCUT2D eigenvalue weighted by atomic mass is 35.5. The Morgan fingerprint density at radius 1 is 1.58 bits per heavy atom. The summed E-state index contributed by atoms with van der Waals surface area (Å²) in [5.74, 6) is -0.524. The Morgan fingerprint density at radius 3 is 2.58 bits per heavy atom. The molecule has 0 saturated carbocycles. The third-order valence-electron chi connectivity index (χ3n) is 1.09. The van der Waals surface area contributed by atoms with Crippen LogP contribution >= 0.6 is 11.6 Å². The molecule has 1 heterocycles. The van der Waals surface area contributed by atoms with Gasteiger partial charge in [-0.15, -0.1) is 0 Å². The van der Waals surface area contributed by atoms with Gasteiger partial charge in [0, 0.05) is 12.7 Å². The van der Waals surface area contributed by atoms with Gasteiger partial charge in [0.2, 0.25) is 0 Å². The van der Waals surface area contributed by atoms with Crippen LogP contribution in [0.5, 0.6) is 0 Å². The molecule has 0 atom stereocenters. The lowest BCUT2D eigenvalue weighted by Gasteiger charge is -1.95. The zero-order chi connectivity index (χ0) is 9.56. The molecular formula is C8H12ClFN2. The van der Waals surface area contributed by atoms with Crippen molar-refractivity contribution in [3.8, 4) is 0 Å². The van der Waals surface area contributed by atoms with Gasteiger partial charge in [0.1, 0.15) is 0 Å². The Bertz CT molecular complexity index is 240. The lowest BCUT2D eigenvalue weighted by Crippen LogP contribution is -1.97. The minimum Gasteiger partial charge on any atom is -0.326 e. The molecule has 0 radical (unpaired) electrons. The van der Waals surface area contributed by atoms with Crippen LogP contribution in [0.4, 0.5) is 4.39 Å². The molecule has 0 aromatic carbocycles. The predicted octanol–water partition coefficient (Wildman–Crippen LogP) is 2.36. The zero-order valence-corrected chi connectivity index (χ0v) is 7.90. The lowest BCUT2D eigenvalue weighted by molar-refractivity contribution is 0.619. The van der Waals surface area contributed by atoms with Gasteiger partial charge >= 0.3 is 0 Å². The van der Waals surface area contributed by atoms with Crippen LogP contribution in [0.3, 0.4) is 0 Å². The molecular weight excluding hydrogens is 179 g/mol. The van der Waals surface area contributed by atoms with Crippen molar-refractivity contribution in [1.29, 1.82) is 0 Å². The van der Waals surface area contributed by atoms with Crippen molar-refractivity contribution in [1.82, 2.24) is 4.98 Å². The van der Waals surface area contributed by atoms with Crippen LogP contribution in [-0.2, 0) is 6.54 Å². The van der Waals surface area contributed by atoms with E-state index in [1.807, 2.05) is 13.8 Å². The van der Waals surface area contributed by atoms with Gasteiger partial charge in [-0.2, -0.15) is 0 Å². The molecule has 0 aliphatic heterocycles. The van der Waals surface area contributed by atoms with Crippen molar-refractivity contribution in [3.05, 3.63) is 28.8 Å². The van der Waals surface area contributed by atoms with E-state index in [1.165, 1.54) is 12.3 Å². The number of aromatic nitrogens is 1. The molecule has 0 bridgehead atoms. The summed E-state index contributed by atoms with van der Waals surface area (Å²) in [5, 5.41) is -0.114. The molecule has 0 aliphatic carbocycles. The van der Waals surface area contributed by atoms with E-state index in [0.717, 1.165) is 0 Å². The molecule has 1 aromatic heterocycles. The Labute approximate surface area is 76.6 Å². The summed E-state index contributed by atoms with van der Waals surface area (Å²) in [6, 6.07) is 1.27. The van der Waals surface area contributed by atoms with Crippen LogP contribution in [0, 0.1) is 5.82 Å². The molecule has 0 fully saturated rings. The van der Waals surface area contributed by atoms with Gasteiger partial charge in [0.05, 0.1) is 0 Å². The minimum absolute atomic E-state index is 0.114. The molecule has 68 valence electrons. The van der Waals surface area contributed by atoms with E-state index < -0.39 is 5.82 Å². The van der Waals surface area contributed by atoms with Crippen LogP contribution in [0.2, 0.25) is 5.15 Å². The first-order valence-corrected chi connectivity index (χ1v) is 4.12. The average molecular weight is 191 g/mol. The molecule has 0 unspecified atom stereocenters. The maximum Gasteiger partial charge on any atom is 0.164 e. The van der Waals surface area contributed by atoms with Gasteiger partial charge in [-0.1, -0.05) is 25.4 Å². The van der Waals surface area contributed by atoms with Crippen LogP contribution in [0.1, 0.15) is 19.4 Å². The standard InChI is InChI=1S/C6H6ClFN2.C2H6/c7-6-5(8)1-4(2-9)3-10-6;1-2/h1,3H,2,9H2;1-2H3. The topological polar surface area (TPSA) is 38.9 Å². The Morgan fingerprint density at radius 2 is 2.17 bits per heavy atom. The molecule has 4 heteroatoms. The Balaban J connectivity index is 0.000000561. The van der Waals surface area contributed by atoms with E-state index in [1.54, 1.807) is 0 Å². The summed E-state index contributed by atoms with van der Waals surface area (Å²) in [5.41, 5.74) is 5.86. The first-order chi connectivity index (χ1) is 5.74. The number of hydrogen-bond acceptors (Lipinski definition) is 2. The monoisotopic (exact) mass is 190 g/mol. The molecule has 0 aliphatic rings. The van der Waals surface area contributed by atoms with Crippen LogP contribution in [0.15, 0.2) is 12.3 Å². The molecule has 1 rings (SSSR count). The summed E-state index contributed by atoms with van der Waals surface area (Å²) >= 11 is 5.31. The smallest absolute Gasteiger partial charge is 0.164 e. The van der Waals surface area contributed by atoms with Crippen molar-refractivity contribution < 1.29 is 4.39 Å². The van der Waals surface area contributed by atoms with E-state index >= 15 is 0 Å². The number of nitrogens with two attached hydrogens (primary N) is 1. The summed E-state index contributed by atoms with van der Waals surface area (Å²) in [6.07, 6.45) is 1.45. The number of pyridine rings is 1. The molecule has 2 N–H and O–H groups in total. The number of rotatable bonds is 1. The highest BCUT2D eigenvalue weighted by Crippen LogP contribution is 2.10. The number of hydrogen-bond donors (Lipinski definition) is 1. The molecule has 12 heavy (non-hydrogen) atoms. The molecule has 0 spiro atoms. The van der Waals surface area contributed by atoms with E-state index in [4.69, 9.17) is 17.3 Å². The second-order valence-electron chi connectivity index (χ2n) is 1.82. The summed E-state index contributed by atoms with van der Waals surface area (Å²) < 4.78 is 12.5. The third-order valence-corrected chi connectivity index (χ3v) is 1.37. The number of halogens is 2. The first-order valence-electron chi connectivity index (χ1n) is 3.74. The average Bonchev–Trinajstić information content (AvgIpc) is 2.13. The van der Waals surface area contributed by atoms with Crippen molar-refractivity contribution in [2.24, 2.45) is 5.73 Å². The maximum absolute atomic E-state index is 12.5. The minimum atomic E-state index is -0.524. The Hall–Kier alpha value is -0.670. The zero-order valence-electron chi connectivity index (χ0n) is 7.14. The third kappa shape index (κ3) is 3.15. The fraction of sp³-hybridized carbons (Fsp3) is 0.375. The second kappa shape index (κ2) is 5.91. The van der Waals surface area contributed by atoms with Gasteiger partial charge in [0.25, 0.3) is 0 Å². The fourth-order valence-corrected chi connectivity index (χ4v) is 0.676. The van der Waals surface area contributed by atoms with Gasteiger partial charge in [-0.3, -0.25) is 0 Å². The second-order valence-corrected chi connectivity index (χ2v) is 2.18. The highest BCUT2D eigenvalue weighted by molar-refractivity contribution is 6.29. The van der Waals surface area contributed by atoms with Crippen molar-refractivity contribution in [3.63, 3.8) is 0 Å². The van der Waals surface area contributed by atoms with Crippen molar-refractivity contribution >= 4 is 11.6 Å². The van der Waals surface area contributed by atoms with Crippen LogP contribution in [-0.4, -0.2) is 4.98 Å². The van der Waals surface area contributed by atoms with Gasteiger partial charge in [-0.05, 0) is 11.6 Å². The van der Waals surface area contributed by atoms with E-state index in [9.17, 15) is 4.39 Å². The summed E-state index contributed by atoms with van der Waals surface area (Å²) in [7, 11) is 0. The van der Waals surface area contributed by atoms with E-state index in [0.29, 0.717) is 5.56 Å². The largest absolute Gasteiger partial charge is 0.326 e. The molecule has 2 nitrogen and oxygen atoms in total. The van der Waals surface area contributed by atoms with Gasteiger partial charge < -0.3 is 5.73 Å². The maximum atomic E-state index is 12.5. The van der Waals surface area contributed by atoms with Crippen LogP contribution < -0.4 is 5.73 Å². The highest BCUT2D eigenvalue weighted by Gasteiger charge is 1.99. The quantitative estimate of drug-likeness (QED) is 0.691. The van der Waals surface area contributed by atoms with Crippen molar-refractivity contribution in [2.75, 3.05) is 0 Å². The number of nitrogens with zero attached hydrogens (tertiary/aromatic N) is 1. The SMILES string of the molecule is CC.NCc1cnc(Cl)c(F)c1. The van der Waals surface area contributed by atoms with Gasteiger partial charge in [0.15, 0.2) is 11.0 Å². The Kier molecular flexibility index (Phi) is 5.58. The summed E-state index contributed by atoms with van der Waals surface area (Å²) in [4.78, 5) is 3.56. The normalized spacial score (nSPS) is 8.75. The van der Waals surface area contributed by atoms with Crippen LogP contribution in [0.25, 0.3) is 0 Å². The van der Waals surface area contributed by atoms with Gasteiger partial charge in [-0.25, -0.2) is 9.37 Å². The van der Waals surface area contributed by atoms with E-state index in [-0.39, 0.29) is 11.7 Å². The van der Waals surface area contributed by atoms with Crippen molar-refractivity contribution in [2.45, 2.75) is 20.4 Å². The summed E-state index contributed by atoms with van der Waals surface area (Å²) in [6.45, 7) is 4.28. The first kappa shape index (κ1) is 11.3. The lowest BCUT2D eigenvalue weighted by atomic mass is 10.3.